The average Bonchev–Trinajstić information content (AvgIpc) is 1.29. The number of carbonyl (C=O) groups excluding carboxylic acids is 2. The second kappa shape index (κ2) is 28.9. The molecule has 110 heavy (non-hydrogen) atoms. The van der Waals surface area contributed by atoms with Crippen molar-refractivity contribution in [1.29, 1.82) is 0 Å². The molecule has 0 aromatic heterocycles. The minimum Gasteiger partial charge on any atom is -0.496 e. The highest BCUT2D eigenvalue weighted by Gasteiger charge is 2.44. The Morgan fingerprint density at radius 3 is 1.04 bits per heavy atom. The van der Waals surface area contributed by atoms with Crippen molar-refractivity contribution in [2.45, 2.75) is 195 Å². The van der Waals surface area contributed by atoms with E-state index in [9.17, 15) is 30.0 Å². The number of fused-ring (bicyclic) bond motifs is 27. The monoisotopic (exact) mass is 1480 g/mol. The average molecular weight is 1480 g/mol. The number of hydrogen-bond acceptors (Lipinski definition) is 13. The van der Waals surface area contributed by atoms with Crippen molar-refractivity contribution in [3.8, 4) is 23.0 Å². The van der Waals surface area contributed by atoms with E-state index in [1.165, 1.54) is 148 Å². The van der Waals surface area contributed by atoms with Crippen LogP contribution in [0.1, 0.15) is 129 Å². The fraction of sp³-hybridized carbons (Fsp3) is 0.389. The minimum atomic E-state index is -0.592. The number of nitrogens with zero attached hydrogens (tertiary/aromatic N) is 4. The lowest BCUT2D eigenvalue weighted by atomic mass is 9.84. The zero-order chi connectivity index (χ0) is 77.4. The first-order valence-electron chi connectivity index (χ1n) is 39.3. The Hall–Kier alpha value is -9.58. The van der Waals surface area contributed by atoms with Crippen molar-refractivity contribution in [1.82, 2.24) is 19.6 Å². The van der Waals surface area contributed by atoms with Gasteiger partial charge in [0.2, 0.25) is 5.91 Å². The maximum absolute atomic E-state index is 13.0. The SMILES string of the molecule is COc1cc2c3c(c4ccc(C)cc4c2cc1C)CN(C(=O)OC(C)(C)C)[C@H](CO)C3.COc1cc2c3c(c4ccc(C)cc4c2cc1C)CN1C(=O)CC(O)[C@@H]1C3.COc1cc2c3c(c4ccc(C)cc4c2cc1C)CN1CC[C@@H](O)[C@@H]1C3.COc1cc2c3c(c4ccc(C)cc4c2cc1C)CN1CC[C@H](O)[C@@H]1C3. The Morgan fingerprint density at radius 1 is 0.382 bits per heavy atom. The van der Waals surface area contributed by atoms with E-state index >= 15 is 0 Å². The van der Waals surface area contributed by atoms with Gasteiger partial charge in [0.1, 0.15) is 28.6 Å². The lowest BCUT2D eigenvalue weighted by molar-refractivity contribution is -0.129. The highest BCUT2D eigenvalue weighted by atomic mass is 16.6. The van der Waals surface area contributed by atoms with E-state index in [1.54, 1.807) is 33.3 Å². The molecule has 7 aliphatic rings. The van der Waals surface area contributed by atoms with Crippen LogP contribution in [0.2, 0.25) is 0 Å². The molecule has 7 heterocycles. The van der Waals surface area contributed by atoms with Gasteiger partial charge in [-0.1, -0.05) is 95.1 Å². The molecular formula is C95H104N4O11. The zero-order valence-corrected chi connectivity index (χ0v) is 66.4. The largest absolute Gasteiger partial charge is 0.496 e. The van der Waals surface area contributed by atoms with Gasteiger partial charge < -0.3 is 49.0 Å². The van der Waals surface area contributed by atoms with Gasteiger partial charge >= 0.3 is 6.09 Å². The molecule has 0 saturated carbocycles. The molecule has 0 bridgehead atoms. The summed E-state index contributed by atoms with van der Waals surface area (Å²) in [5.74, 6) is 3.67. The predicted octanol–water partition coefficient (Wildman–Crippen LogP) is 17.1. The molecule has 2 amide bonds. The number of carbonyl (C=O) groups is 2. The smallest absolute Gasteiger partial charge is 0.410 e. The van der Waals surface area contributed by atoms with Gasteiger partial charge in [0.05, 0.1) is 78.4 Å². The normalized spacial score (nSPS) is 20.6. The van der Waals surface area contributed by atoms with Crippen LogP contribution >= 0.6 is 0 Å². The molecule has 4 N–H and O–H groups in total. The molecule has 15 nitrogen and oxygen atoms in total. The van der Waals surface area contributed by atoms with Crippen LogP contribution in [-0.4, -0.2) is 148 Å². The van der Waals surface area contributed by atoms with E-state index in [0.29, 0.717) is 25.9 Å². The van der Waals surface area contributed by atoms with Gasteiger partial charge in [-0.2, -0.15) is 0 Å². The lowest BCUT2D eigenvalue weighted by Gasteiger charge is -2.38. The molecule has 1 unspecified atom stereocenters. The fourth-order valence-corrected chi connectivity index (χ4v) is 19.6. The van der Waals surface area contributed by atoms with Gasteiger partial charge in [-0.05, 0) is 316 Å². The summed E-state index contributed by atoms with van der Waals surface area (Å²) in [6, 6.07) is 44.3. The van der Waals surface area contributed by atoms with Crippen molar-refractivity contribution in [2.24, 2.45) is 0 Å². The number of aliphatic hydroxyl groups is 4. The maximum Gasteiger partial charge on any atom is 0.410 e. The van der Waals surface area contributed by atoms with Crippen LogP contribution in [0, 0.1) is 55.4 Å². The quantitative estimate of drug-likeness (QED) is 0.120. The van der Waals surface area contributed by atoms with Crippen LogP contribution < -0.4 is 18.9 Å². The zero-order valence-electron chi connectivity index (χ0n) is 66.4. The third-order valence-electron chi connectivity index (χ3n) is 25.2. The van der Waals surface area contributed by atoms with Gasteiger partial charge in [-0.3, -0.25) is 19.5 Å². The van der Waals surface area contributed by atoms with Crippen LogP contribution in [0.15, 0.2) is 121 Å². The molecule has 0 radical (unpaired) electrons. The van der Waals surface area contributed by atoms with Crippen LogP contribution in [0.4, 0.5) is 4.79 Å². The summed E-state index contributed by atoms with van der Waals surface area (Å²) in [6.07, 6.45) is 3.71. The number of ether oxygens (including phenoxy) is 5. The third-order valence-corrected chi connectivity index (χ3v) is 25.2. The van der Waals surface area contributed by atoms with Gasteiger partial charge in [0, 0.05) is 44.8 Å². The van der Waals surface area contributed by atoms with Crippen LogP contribution in [0.25, 0.3) is 86.2 Å². The topological polar surface area (TPSA) is 174 Å². The standard InChI is InChI=1S/C26H31NO4.C23H23NO3.2C23H25NO2/c1-15-7-8-18-19(9-15)20-10-16(2)24(30-6)12-22(20)21-11-17(14-28)27(13-23(18)21)25(29)31-26(3,4)5;1-12-4-5-14-15(6-12)16-7-13(2)22(27-3)9-18(16)17-8-20-21(25)10-23(26)24(20)11-19(14)17;2*1-13-4-5-15-16(8-13)17-9-14(2)23(26-3)11-19(17)18-10-21-22(25)6-7-24(21)12-20(15)18/h7-10,12,17,28H,11,13-14H2,1-6H3;4-7,9,20-21,25H,8,10-11H2,1-3H3;2*4-5,8-9,11,21-22,25H,6-7,10,12H2,1-3H3/t17-;20-,21?;21-,22+;21-,22-/m0000/s1. The molecule has 3 saturated heterocycles. The van der Waals surface area contributed by atoms with E-state index in [4.69, 9.17) is 23.7 Å². The van der Waals surface area contributed by atoms with Crippen molar-refractivity contribution < 1.29 is 53.7 Å². The molecule has 0 spiro atoms. The first-order valence-corrected chi connectivity index (χ1v) is 39.3. The van der Waals surface area contributed by atoms with Gasteiger partial charge in [0.15, 0.2) is 0 Å². The highest BCUT2D eigenvalue weighted by Crippen LogP contribution is 2.48. The van der Waals surface area contributed by atoms with E-state index in [-0.39, 0.29) is 61.4 Å². The minimum absolute atomic E-state index is 0.0556. The van der Waals surface area contributed by atoms with Gasteiger partial charge in [0.25, 0.3) is 0 Å². The Labute approximate surface area is 644 Å². The number of hydrogen-bond donors (Lipinski definition) is 4. The highest BCUT2D eigenvalue weighted by molar-refractivity contribution is 6.15. The second-order valence-corrected chi connectivity index (χ2v) is 33.4. The van der Waals surface area contributed by atoms with Crippen molar-refractivity contribution in [3.05, 3.63) is 210 Å². The fourth-order valence-electron chi connectivity index (χ4n) is 19.6. The molecular weight excluding hydrogens is 1370 g/mol. The van der Waals surface area contributed by atoms with E-state index in [1.807, 2.05) is 25.7 Å². The molecule has 12 aromatic carbocycles. The lowest BCUT2D eigenvalue weighted by Crippen LogP contribution is -2.48. The summed E-state index contributed by atoms with van der Waals surface area (Å²) in [5.41, 5.74) is 19.3. The van der Waals surface area contributed by atoms with Crippen LogP contribution in [0.3, 0.4) is 0 Å². The van der Waals surface area contributed by atoms with Crippen molar-refractivity contribution >= 4 is 98.2 Å². The van der Waals surface area contributed by atoms with Crippen LogP contribution in [-0.2, 0) is 61.4 Å². The predicted molar refractivity (Wildman–Crippen MR) is 442 cm³/mol. The number of methoxy groups -OCH3 is 4. The Morgan fingerprint density at radius 2 is 0.700 bits per heavy atom. The molecule has 15 heteroatoms. The summed E-state index contributed by atoms with van der Waals surface area (Å²) in [7, 11) is 6.88. The van der Waals surface area contributed by atoms with Crippen molar-refractivity contribution in [2.75, 3.05) is 48.1 Å². The summed E-state index contributed by atoms with van der Waals surface area (Å²) in [4.78, 5) is 33.8. The Balaban J connectivity index is 0.000000112. The Kier molecular flexibility index (Phi) is 19.6. The van der Waals surface area contributed by atoms with Crippen LogP contribution in [0.5, 0.6) is 23.0 Å². The summed E-state index contributed by atoms with van der Waals surface area (Å²) >= 11 is 0. The first-order chi connectivity index (χ1) is 52.7. The summed E-state index contributed by atoms with van der Waals surface area (Å²) in [5, 5.41) is 61.5. The molecule has 0 aliphatic carbocycles. The summed E-state index contributed by atoms with van der Waals surface area (Å²) < 4.78 is 28.1. The number of aliphatic hydroxyl groups excluding tert-OH is 4. The van der Waals surface area contributed by atoms with Gasteiger partial charge in [-0.25, -0.2) is 4.79 Å². The summed E-state index contributed by atoms with van der Waals surface area (Å²) in [6.45, 7) is 27.2. The molecule has 19 rings (SSSR count). The molecule has 3 fully saturated rings. The number of amides is 2. The number of benzene rings is 12. The third kappa shape index (κ3) is 13.1. The molecule has 12 aromatic rings. The molecule has 570 valence electrons. The first kappa shape index (κ1) is 74.5. The second-order valence-electron chi connectivity index (χ2n) is 33.4. The van der Waals surface area contributed by atoms with E-state index in [2.05, 4.69) is 187 Å². The van der Waals surface area contributed by atoms with Gasteiger partial charge in [-0.15, -0.1) is 0 Å². The van der Waals surface area contributed by atoms with Crippen molar-refractivity contribution in [3.63, 3.8) is 0 Å². The van der Waals surface area contributed by atoms with E-state index in [0.717, 1.165) is 102 Å². The Bertz CT molecular complexity index is 5610. The molecule has 7 aliphatic heterocycles. The molecule has 7 atom stereocenters. The van der Waals surface area contributed by atoms with E-state index < -0.39 is 11.7 Å². The number of aryl methyl sites for hydroxylation is 8. The maximum atomic E-state index is 13.0. The number of rotatable bonds is 5.